The van der Waals surface area contributed by atoms with Crippen molar-refractivity contribution in [2.75, 3.05) is 0 Å². The molecular formula is C16H18N2O2. The van der Waals surface area contributed by atoms with E-state index in [4.69, 9.17) is 16.2 Å². The molecule has 0 aliphatic rings. The van der Waals surface area contributed by atoms with Crippen LogP contribution in [0.2, 0.25) is 0 Å². The highest BCUT2D eigenvalue weighted by Crippen LogP contribution is 2.15. The van der Waals surface area contributed by atoms with E-state index in [1.165, 1.54) is 0 Å². The summed E-state index contributed by atoms with van der Waals surface area (Å²) >= 11 is 0. The second-order valence-corrected chi connectivity index (χ2v) is 4.63. The Morgan fingerprint density at radius 3 is 2.25 bits per heavy atom. The first-order chi connectivity index (χ1) is 9.65. The van der Waals surface area contributed by atoms with Crippen LogP contribution in [0, 0.1) is 0 Å². The number of hydrogen-bond donors (Lipinski definition) is 2. The van der Waals surface area contributed by atoms with Crippen molar-refractivity contribution in [2.24, 2.45) is 11.5 Å². The molecule has 0 radical (unpaired) electrons. The molecule has 0 heterocycles. The fourth-order valence-corrected chi connectivity index (χ4v) is 1.82. The van der Waals surface area contributed by atoms with Crippen LogP contribution in [0.5, 0.6) is 5.75 Å². The number of ether oxygens (including phenoxy) is 1. The summed E-state index contributed by atoms with van der Waals surface area (Å²) in [6.07, 6.45) is 0.439. The smallest absolute Gasteiger partial charge is 0.234 e. The van der Waals surface area contributed by atoms with Crippen LogP contribution in [0.25, 0.3) is 0 Å². The van der Waals surface area contributed by atoms with Gasteiger partial charge in [0.1, 0.15) is 12.4 Å². The first kappa shape index (κ1) is 14.1. The van der Waals surface area contributed by atoms with E-state index < -0.39 is 11.9 Å². The molecule has 104 valence electrons. The second-order valence-electron chi connectivity index (χ2n) is 4.63. The van der Waals surface area contributed by atoms with Crippen molar-refractivity contribution < 1.29 is 9.53 Å². The first-order valence-electron chi connectivity index (χ1n) is 6.46. The zero-order chi connectivity index (χ0) is 14.4. The average Bonchev–Trinajstić information content (AvgIpc) is 2.47. The number of nitrogens with two attached hydrogens (primary N) is 2. The molecule has 1 atom stereocenters. The number of rotatable bonds is 6. The Kier molecular flexibility index (Phi) is 4.74. The molecule has 0 spiro atoms. The Morgan fingerprint density at radius 2 is 1.65 bits per heavy atom. The van der Waals surface area contributed by atoms with Gasteiger partial charge in [-0.05, 0) is 29.7 Å². The fourth-order valence-electron chi connectivity index (χ4n) is 1.82. The molecule has 0 aromatic heterocycles. The normalized spacial score (nSPS) is 11.8. The number of benzene rings is 2. The van der Waals surface area contributed by atoms with Crippen molar-refractivity contribution in [1.82, 2.24) is 0 Å². The molecule has 0 aliphatic carbocycles. The number of carbonyl (C=O) groups is 1. The van der Waals surface area contributed by atoms with Crippen LogP contribution < -0.4 is 16.2 Å². The summed E-state index contributed by atoms with van der Waals surface area (Å²) in [7, 11) is 0. The van der Waals surface area contributed by atoms with E-state index in [-0.39, 0.29) is 0 Å². The molecule has 1 amide bonds. The maximum atomic E-state index is 10.9. The molecule has 0 saturated carbocycles. The van der Waals surface area contributed by atoms with Crippen molar-refractivity contribution in [3.63, 3.8) is 0 Å². The third kappa shape index (κ3) is 4.10. The first-order valence-corrected chi connectivity index (χ1v) is 6.46. The summed E-state index contributed by atoms with van der Waals surface area (Å²) in [6, 6.07) is 16.8. The summed E-state index contributed by atoms with van der Waals surface area (Å²) < 4.78 is 5.68. The van der Waals surface area contributed by atoms with Crippen LogP contribution in [0.3, 0.4) is 0 Å². The van der Waals surface area contributed by atoms with Gasteiger partial charge < -0.3 is 16.2 Å². The summed E-state index contributed by atoms with van der Waals surface area (Å²) in [6.45, 7) is 0.529. The Balaban J connectivity index is 1.90. The van der Waals surface area contributed by atoms with Crippen molar-refractivity contribution in [3.05, 3.63) is 65.7 Å². The van der Waals surface area contributed by atoms with Gasteiger partial charge in [-0.2, -0.15) is 0 Å². The number of hydrogen-bond acceptors (Lipinski definition) is 3. The molecule has 20 heavy (non-hydrogen) atoms. The van der Waals surface area contributed by atoms with Crippen molar-refractivity contribution >= 4 is 5.91 Å². The minimum absolute atomic E-state index is 0.439. The summed E-state index contributed by atoms with van der Waals surface area (Å²) in [4.78, 5) is 10.9. The van der Waals surface area contributed by atoms with Gasteiger partial charge >= 0.3 is 0 Å². The summed E-state index contributed by atoms with van der Waals surface area (Å²) in [5.41, 5.74) is 12.8. The molecular weight excluding hydrogens is 252 g/mol. The highest BCUT2D eigenvalue weighted by Gasteiger charge is 2.09. The quantitative estimate of drug-likeness (QED) is 0.837. The van der Waals surface area contributed by atoms with Crippen LogP contribution in [0.15, 0.2) is 54.6 Å². The SMILES string of the molecule is NC(=O)[C@@H](N)Cc1ccc(OCc2ccccc2)cc1. The third-order valence-electron chi connectivity index (χ3n) is 2.99. The van der Waals surface area contributed by atoms with E-state index in [0.29, 0.717) is 13.0 Å². The Bertz CT molecular complexity index is 552. The monoisotopic (exact) mass is 270 g/mol. The van der Waals surface area contributed by atoms with Crippen LogP contribution in [0.1, 0.15) is 11.1 Å². The van der Waals surface area contributed by atoms with Crippen molar-refractivity contribution in [2.45, 2.75) is 19.1 Å². The van der Waals surface area contributed by atoms with E-state index in [1.807, 2.05) is 54.6 Å². The molecule has 4 N–H and O–H groups in total. The maximum Gasteiger partial charge on any atom is 0.234 e. The molecule has 2 rings (SSSR count). The molecule has 0 aliphatic heterocycles. The van der Waals surface area contributed by atoms with Gasteiger partial charge in [-0.1, -0.05) is 42.5 Å². The number of primary amides is 1. The third-order valence-corrected chi connectivity index (χ3v) is 2.99. The molecule has 2 aromatic rings. The lowest BCUT2D eigenvalue weighted by Crippen LogP contribution is -2.38. The van der Waals surface area contributed by atoms with Gasteiger partial charge in [0, 0.05) is 0 Å². The lowest BCUT2D eigenvalue weighted by molar-refractivity contribution is -0.119. The van der Waals surface area contributed by atoms with Crippen molar-refractivity contribution in [3.8, 4) is 5.75 Å². The van der Waals surface area contributed by atoms with E-state index in [2.05, 4.69) is 0 Å². The predicted molar refractivity (Wildman–Crippen MR) is 78.1 cm³/mol. The van der Waals surface area contributed by atoms with Crippen LogP contribution in [0.4, 0.5) is 0 Å². The van der Waals surface area contributed by atoms with E-state index in [9.17, 15) is 4.79 Å². The highest BCUT2D eigenvalue weighted by molar-refractivity contribution is 5.79. The summed E-state index contributed by atoms with van der Waals surface area (Å²) in [5.74, 6) is 0.291. The lowest BCUT2D eigenvalue weighted by Gasteiger charge is -2.09. The van der Waals surface area contributed by atoms with E-state index >= 15 is 0 Å². The molecule has 0 bridgehead atoms. The van der Waals surface area contributed by atoms with Gasteiger partial charge in [-0.15, -0.1) is 0 Å². The molecule has 2 aromatic carbocycles. The van der Waals surface area contributed by atoms with Crippen LogP contribution >= 0.6 is 0 Å². The van der Waals surface area contributed by atoms with E-state index in [0.717, 1.165) is 16.9 Å². The molecule has 0 fully saturated rings. The largest absolute Gasteiger partial charge is 0.489 e. The maximum absolute atomic E-state index is 10.9. The molecule has 4 heteroatoms. The topological polar surface area (TPSA) is 78.3 Å². The fraction of sp³-hybridized carbons (Fsp3) is 0.188. The van der Waals surface area contributed by atoms with Gasteiger partial charge in [-0.3, -0.25) is 4.79 Å². The Morgan fingerprint density at radius 1 is 1.00 bits per heavy atom. The van der Waals surface area contributed by atoms with Gasteiger partial charge in [0.15, 0.2) is 0 Å². The van der Waals surface area contributed by atoms with E-state index in [1.54, 1.807) is 0 Å². The lowest BCUT2D eigenvalue weighted by atomic mass is 10.1. The Hall–Kier alpha value is -2.33. The second kappa shape index (κ2) is 6.73. The molecule has 4 nitrogen and oxygen atoms in total. The highest BCUT2D eigenvalue weighted by atomic mass is 16.5. The van der Waals surface area contributed by atoms with Gasteiger partial charge in [0.2, 0.25) is 5.91 Å². The van der Waals surface area contributed by atoms with Crippen LogP contribution in [-0.4, -0.2) is 11.9 Å². The van der Waals surface area contributed by atoms with Gasteiger partial charge in [-0.25, -0.2) is 0 Å². The summed E-state index contributed by atoms with van der Waals surface area (Å²) in [5, 5.41) is 0. The molecule has 0 saturated heterocycles. The standard InChI is InChI=1S/C16H18N2O2/c17-15(16(18)19)10-12-6-8-14(9-7-12)20-11-13-4-2-1-3-5-13/h1-9,15H,10-11,17H2,(H2,18,19)/t15-/m0/s1. The minimum Gasteiger partial charge on any atom is -0.489 e. The average molecular weight is 270 g/mol. The number of amides is 1. The predicted octanol–water partition coefficient (Wildman–Crippen LogP) is 1.62. The van der Waals surface area contributed by atoms with Gasteiger partial charge in [0.05, 0.1) is 6.04 Å². The Labute approximate surface area is 118 Å². The molecule has 0 unspecified atom stereocenters. The van der Waals surface area contributed by atoms with Crippen LogP contribution in [-0.2, 0) is 17.8 Å². The zero-order valence-electron chi connectivity index (χ0n) is 11.2. The zero-order valence-corrected chi connectivity index (χ0v) is 11.2. The van der Waals surface area contributed by atoms with Crippen molar-refractivity contribution in [1.29, 1.82) is 0 Å². The van der Waals surface area contributed by atoms with Gasteiger partial charge in [0.25, 0.3) is 0 Å². The minimum atomic E-state index is -0.647. The number of carbonyl (C=O) groups excluding carboxylic acids is 1.